The van der Waals surface area contributed by atoms with Gasteiger partial charge in [-0.25, -0.2) is 4.39 Å². The second kappa shape index (κ2) is 7.89. The van der Waals surface area contributed by atoms with Crippen molar-refractivity contribution in [2.24, 2.45) is 0 Å². The minimum absolute atomic E-state index is 0.210. The molecule has 1 heterocycles. The second-order valence-electron chi connectivity index (χ2n) is 5.21. The molecule has 4 heteroatoms. The second-order valence-corrected chi connectivity index (χ2v) is 6.55. The molecular formula is C16H24FNOS. The Morgan fingerprint density at radius 1 is 1.45 bits per heavy atom. The Morgan fingerprint density at radius 3 is 2.95 bits per heavy atom. The number of nitrogens with one attached hydrogen (secondary N) is 1. The minimum atomic E-state index is -0.210. The number of rotatable bonds is 6. The van der Waals surface area contributed by atoms with Crippen LogP contribution in [0.1, 0.15) is 31.7 Å². The molecule has 20 heavy (non-hydrogen) atoms. The maximum atomic E-state index is 14.3. The zero-order valence-corrected chi connectivity index (χ0v) is 13.1. The third-order valence-corrected chi connectivity index (χ3v) is 5.35. The normalized spacial score (nSPS) is 20.6. The molecule has 1 saturated heterocycles. The molecular weight excluding hydrogens is 273 g/mol. The molecule has 0 saturated carbocycles. The van der Waals surface area contributed by atoms with Crippen LogP contribution < -0.4 is 10.1 Å². The average Bonchev–Trinajstić information content (AvgIpc) is 2.49. The highest BCUT2D eigenvalue weighted by Crippen LogP contribution is 2.30. The summed E-state index contributed by atoms with van der Waals surface area (Å²) in [7, 11) is 1.51. The molecule has 2 unspecified atom stereocenters. The number of hydrogen-bond acceptors (Lipinski definition) is 3. The Hall–Kier alpha value is -0.740. The quantitative estimate of drug-likeness (QED) is 0.866. The van der Waals surface area contributed by atoms with Crippen LogP contribution in [0.2, 0.25) is 0 Å². The summed E-state index contributed by atoms with van der Waals surface area (Å²) < 4.78 is 19.4. The fraction of sp³-hybridized carbons (Fsp3) is 0.625. The lowest BCUT2D eigenvalue weighted by atomic mass is 9.99. The highest BCUT2D eigenvalue weighted by atomic mass is 32.2. The summed E-state index contributed by atoms with van der Waals surface area (Å²) in [6.45, 7) is 3.04. The largest absolute Gasteiger partial charge is 0.494 e. The summed E-state index contributed by atoms with van der Waals surface area (Å²) in [6, 6.07) is 5.76. The van der Waals surface area contributed by atoms with E-state index in [1.807, 2.05) is 23.9 Å². The molecule has 112 valence electrons. The van der Waals surface area contributed by atoms with Gasteiger partial charge in [0.15, 0.2) is 11.6 Å². The third kappa shape index (κ3) is 3.89. The van der Waals surface area contributed by atoms with E-state index in [1.165, 1.54) is 32.1 Å². The SMILES string of the molecule is CCNC(Cc1cccc(OC)c1F)C1CCCCS1. The van der Waals surface area contributed by atoms with Gasteiger partial charge in [-0.05, 0) is 43.2 Å². The predicted molar refractivity (Wildman–Crippen MR) is 84.2 cm³/mol. The van der Waals surface area contributed by atoms with Crippen molar-refractivity contribution in [3.8, 4) is 5.75 Å². The van der Waals surface area contributed by atoms with Crippen LogP contribution in [0.3, 0.4) is 0 Å². The first-order chi connectivity index (χ1) is 9.76. The van der Waals surface area contributed by atoms with Crippen molar-refractivity contribution in [2.75, 3.05) is 19.4 Å². The van der Waals surface area contributed by atoms with Crippen molar-refractivity contribution >= 4 is 11.8 Å². The molecule has 1 aliphatic heterocycles. The molecule has 2 atom stereocenters. The molecule has 1 aliphatic rings. The average molecular weight is 297 g/mol. The van der Waals surface area contributed by atoms with Crippen LogP contribution >= 0.6 is 11.8 Å². The maximum Gasteiger partial charge on any atom is 0.168 e. The van der Waals surface area contributed by atoms with E-state index < -0.39 is 0 Å². The van der Waals surface area contributed by atoms with Gasteiger partial charge in [0, 0.05) is 11.3 Å². The molecule has 0 bridgehead atoms. The Balaban J connectivity index is 2.10. The van der Waals surface area contributed by atoms with Gasteiger partial charge in [-0.2, -0.15) is 11.8 Å². The molecule has 2 nitrogen and oxygen atoms in total. The lowest BCUT2D eigenvalue weighted by Crippen LogP contribution is -2.41. The van der Waals surface area contributed by atoms with Gasteiger partial charge < -0.3 is 10.1 Å². The predicted octanol–water partition coefficient (Wildman–Crippen LogP) is 3.64. The molecule has 0 aromatic heterocycles. The fourth-order valence-electron chi connectivity index (χ4n) is 2.79. The first-order valence-corrected chi connectivity index (χ1v) is 8.47. The number of halogens is 1. The van der Waals surface area contributed by atoms with Crippen molar-refractivity contribution in [2.45, 2.75) is 43.9 Å². The lowest BCUT2D eigenvalue weighted by Gasteiger charge is -2.30. The first kappa shape index (κ1) is 15.6. The third-order valence-electron chi connectivity index (χ3n) is 3.83. The molecule has 0 aliphatic carbocycles. The number of benzene rings is 1. The Labute approximate surface area is 125 Å². The van der Waals surface area contributed by atoms with Crippen LogP contribution in [0.25, 0.3) is 0 Å². The summed E-state index contributed by atoms with van der Waals surface area (Å²) in [6.07, 6.45) is 4.57. The smallest absolute Gasteiger partial charge is 0.168 e. The zero-order valence-electron chi connectivity index (χ0n) is 12.3. The van der Waals surface area contributed by atoms with Gasteiger partial charge in [0.25, 0.3) is 0 Å². The molecule has 0 amide bonds. The number of ether oxygens (including phenoxy) is 1. The maximum absolute atomic E-state index is 14.3. The number of hydrogen-bond donors (Lipinski definition) is 1. The number of thioether (sulfide) groups is 1. The van der Waals surface area contributed by atoms with Gasteiger partial charge in [0.1, 0.15) is 0 Å². The van der Waals surface area contributed by atoms with E-state index in [1.54, 1.807) is 6.07 Å². The van der Waals surface area contributed by atoms with Crippen LogP contribution in [-0.2, 0) is 6.42 Å². The standard InChI is InChI=1S/C16H24FNOS/c1-3-18-13(15-9-4-5-10-20-15)11-12-7-6-8-14(19-2)16(12)17/h6-8,13,15,18H,3-5,9-11H2,1-2H3. The molecule has 1 aromatic carbocycles. The van der Waals surface area contributed by atoms with Gasteiger partial charge in [0.2, 0.25) is 0 Å². The van der Waals surface area contributed by atoms with Crippen molar-refractivity contribution < 1.29 is 9.13 Å². The molecule has 0 spiro atoms. The fourth-order valence-corrected chi connectivity index (χ4v) is 4.22. The Morgan fingerprint density at radius 2 is 2.30 bits per heavy atom. The summed E-state index contributed by atoms with van der Waals surface area (Å²) in [5.74, 6) is 1.36. The van der Waals surface area contributed by atoms with Crippen LogP contribution in [0, 0.1) is 5.82 Å². The van der Waals surface area contributed by atoms with Gasteiger partial charge in [-0.1, -0.05) is 25.5 Å². The first-order valence-electron chi connectivity index (χ1n) is 7.42. The highest BCUT2D eigenvalue weighted by Gasteiger charge is 2.25. The molecule has 2 rings (SSSR count). The van der Waals surface area contributed by atoms with Gasteiger partial charge in [0.05, 0.1) is 7.11 Å². The van der Waals surface area contributed by atoms with E-state index in [4.69, 9.17) is 4.74 Å². The number of likely N-dealkylation sites (N-methyl/N-ethyl adjacent to an activating group) is 1. The van der Waals surface area contributed by atoms with Crippen molar-refractivity contribution in [3.63, 3.8) is 0 Å². The monoisotopic (exact) mass is 297 g/mol. The summed E-state index contributed by atoms with van der Waals surface area (Å²) in [5.41, 5.74) is 0.751. The van der Waals surface area contributed by atoms with Crippen LogP contribution in [-0.4, -0.2) is 30.7 Å². The van der Waals surface area contributed by atoms with E-state index in [0.717, 1.165) is 18.5 Å². The van der Waals surface area contributed by atoms with E-state index in [0.29, 0.717) is 17.0 Å². The van der Waals surface area contributed by atoms with Crippen molar-refractivity contribution in [1.82, 2.24) is 5.32 Å². The van der Waals surface area contributed by atoms with Crippen LogP contribution in [0.5, 0.6) is 5.75 Å². The molecule has 0 radical (unpaired) electrons. The van der Waals surface area contributed by atoms with E-state index >= 15 is 0 Å². The topological polar surface area (TPSA) is 21.3 Å². The lowest BCUT2D eigenvalue weighted by molar-refractivity contribution is 0.381. The van der Waals surface area contributed by atoms with E-state index in [9.17, 15) is 4.39 Å². The van der Waals surface area contributed by atoms with Crippen molar-refractivity contribution in [1.29, 1.82) is 0 Å². The van der Waals surface area contributed by atoms with Gasteiger partial charge in [-0.15, -0.1) is 0 Å². The van der Waals surface area contributed by atoms with Crippen LogP contribution in [0.4, 0.5) is 4.39 Å². The number of methoxy groups -OCH3 is 1. The Kier molecular flexibility index (Phi) is 6.17. The summed E-state index contributed by atoms with van der Waals surface area (Å²) >= 11 is 2.03. The van der Waals surface area contributed by atoms with Gasteiger partial charge in [-0.3, -0.25) is 0 Å². The highest BCUT2D eigenvalue weighted by molar-refractivity contribution is 8.00. The van der Waals surface area contributed by atoms with Gasteiger partial charge >= 0.3 is 0 Å². The minimum Gasteiger partial charge on any atom is -0.494 e. The van der Waals surface area contributed by atoms with Crippen LogP contribution in [0.15, 0.2) is 18.2 Å². The summed E-state index contributed by atoms with van der Waals surface area (Å²) in [4.78, 5) is 0. The Bertz CT molecular complexity index is 421. The van der Waals surface area contributed by atoms with E-state index in [-0.39, 0.29) is 5.82 Å². The molecule has 1 N–H and O–H groups in total. The zero-order chi connectivity index (χ0) is 14.4. The molecule has 1 fully saturated rings. The van der Waals surface area contributed by atoms with E-state index in [2.05, 4.69) is 12.2 Å². The van der Waals surface area contributed by atoms with Crippen molar-refractivity contribution in [3.05, 3.63) is 29.6 Å². The summed E-state index contributed by atoms with van der Waals surface area (Å²) in [5, 5.41) is 4.13. The molecule has 1 aromatic rings.